The van der Waals surface area contributed by atoms with E-state index in [0.717, 1.165) is 10.7 Å². The molecule has 1 aliphatic rings. The molecule has 9 nitrogen and oxygen atoms in total. The maximum atomic E-state index is 13.8. The van der Waals surface area contributed by atoms with Crippen LogP contribution in [0.25, 0.3) is 5.69 Å². The first kappa shape index (κ1) is 23.2. The Morgan fingerprint density at radius 3 is 2.55 bits per heavy atom. The van der Waals surface area contributed by atoms with Crippen molar-refractivity contribution in [3.63, 3.8) is 0 Å². The molecule has 3 rings (SSSR count). The summed E-state index contributed by atoms with van der Waals surface area (Å²) in [6, 6.07) is 2.72. The number of benzene rings is 1. The lowest BCUT2D eigenvalue weighted by molar-refractivity contribution is -0.145. The standard InChI is InChI=1S/C18H20F3N3O6S/c1-29-9-10-8-24(23-22-10)11-3-4-16(14(5-11)18(19,20)21)31(27,28)12-6-13(17(25)26)15(7-12)30-2/h3-5,8,12-13,15H,6-7,9H2,1-2H3,(H,25,26)/t12-,13-,15-/m1/s1. The topological polar surface area (TPSA) is 121 Å². The summed E-state index contributed by atoms with van der Waals surface area (Å²) in [6.45, 7) is 0.103. The van der Waals surface area contributed by atoms with Crippen molar-refractivity contribution in [2.24, 2.45) is 5.92 Å². The number of ether oxygens (including phenoxy) is 2. The van der Waals surface area contributed by atoms with Crippen LogP contribution in [0.2, 0.25) is 0 Å². The van der Waals surface area contributed by atoms with Crippen molar-refractivity contribution in [3.05, 3.63) is 35.7 Å². The summed E-state index contributed by atoms with van der Waals surface area (Å²) in [7, 11) is -1.83. The molecule has 1 aliphatic carbocycles. The fourth-order valence-corrected chi connectivity index (χ4v) is 5.68. The third kappa shape index (κ3) is 4.57. The second kappa shape index (κ2) is 8.55. The van der Waals surface area contributed by atoms with Gasteiger partial charge < -0.3 is 14.6 Å². The van der Waals surface area contributed by atoms with E-state index in [4.69, 9.17) is 9.47 Å². The van der Waals surface area contributed by atoms with E-state index in [1.54, 1.807) is 0 Å². The smallest absolute Gasteiger partial charge is 0.417 e. The van der Waals surface area contributed by atoms with Crippen molar-refractivity contribution in [2.45, 2.75) is 41.9 Å². The quantitative estimate of drug-likeness (QED) is 0.663. The molecule has 0 bridgehead atoms. The van der Waals surface area contributed by atoms with Gasteiger partial charge in [-0.25, -0.2) is 13.1 Å². The molecule has 170 valence electrons. The lowest BCUT2D eigenvalue weighted by Crippen LogP contribution is -2.24. The summed E-state index contributed by atoms with van der Waals surface area (Å²) in [4.78, 5) is 10.5. The largest absolute Gasteiger partial charge is 0.481 e. The van der Waals surface area contributed by atoms with Crippen LogP contribution in [0.4, 0.5) is 13.2 Å². The Balaban J connectivity index is 2.03. The molecule has 0 aliphatic heterocycles. The van der Waals surface area contributed by atoms with Gasteiger partial charge in [0, 0.05) is 14.2 Å². The molecule has 31 heavy (non-hydrogen) atoms. The van der Waals surface area contributed by atoms with E-state index in [0.29, 0.717) is 11.8 Å². The Morgan fingerprint density at radius 1 is 1.29 bits per heavy atom. The Hall–Kier alpha value is -2.51. The second-order valence-corrected chi connectivity index (χ2v) is 9.32. The zero-order valence-electron chi connectivity index (χ0n) is 16.5. The minimum atomic E-state index is -4.97. The number of methoxy groups -OCH3 is 2. The highest BCUT2D eigenvalue weighted by Crippen LogP contribution is 2.41. The zero-order valence-corrected chi connectivity index (χ0v) is 17.4. The summed E-state index contributed by atoms with van der Waals surface area (Å²) in [5, 5.41) is 15.5. The van der Waals surface area contributed by atoms with Gasteiger partial charge in [0.1, 0.15) is 5.69 Å². The van der Waals surface area contributed by atoms with Gasteiger partial charge in [-0.1, -0.05) is 5.21 Å². The van der Waals surface area contributed by atoms with Crippen molar-refractivity contribution >= 4 is 15.8 Å². The average Bonchev–Trinajstić information content (AvgIpc) is 3.34. The lowest BCUT2D eigenvalue weighted by atomic mass is 10.1. The monoisotopic (exact) mass is 463 g/mol. The number of aromatic nitrogens is 3. The van der Waals surface area contributed by atoms with Gasteiger partial charge in [0.25, 0.3) is 0 Å². The molecule has 0 amide bonds. The number of hydrogen-bond acceptors (Lipinski definition) is 7. The molecule has 0 spiro atoms. The Labute approximate surface area is 175 Å². The molecule has 0 radical (unpaired) electrons. The van der Waals surface area contributed by atoms with Crippen molar-refractivity contribution in [2.75, 3.05) is 14.2 Å². The van der Waals surface area contributed by atoms with Crippen LogP contribution >= 0.6 is 0 Å². The van der Waals surface area contributed by atoms with Crippen LogP contribution in [-0.2, 0) is 36.9 Å². The predicted octanol–water partition coefficient (Wildman–Crippen LogP) is 2.08. The summed E-state index contributed by atoms with van der Waals surface area (Å²) >= 11 is 0. The van der Waals surface area contributed by atoms with Gasteiger partial charge in [-0.05, 0) is 31.0 Å². The van der Waals surface area contributed by atoms with Gasteiger partial charge in [-0.3, -0.25) is 4.79 Å². The average molecular weight is 463 g/mol. The number of sulfone groups is 1. The van der Waals surface area contributed by atoms with Gasteiger partial charge in [0.05, 0.1) is 46.2 Å². The molecular formula is C18H20F3N3O6S. The number of alkyl halides is 3. The van der Waals surface area contributed by atoms with E-state index in [9.17, 15) is 31.5 Å². The Kier molecular flexibility index (Phi) is 6.39. The molecular weight excluding hydrogens is 443 g/mol. The number of aliphatic carboxylic acids is 1. The van der Waals surface area contributed by atoms with Gasteiger partial charge in [0.15, 0.2) is 9.84 Å². The minimum absolute atomic E-state index is 0.0364. The summed E-state index contributed by atoms with van der Waals surface area (Å²) in [6.07, 6.45) is -5.05. The Bertz CT molecular complexity index is 1070. The van der Waals surface area contributed by atoms with E-state index >= 15 is 0 Å². The summed E-state index contributed by atoms with van der Waals surface area (Å²) in [5.41, 5.74) is -1.02. The fourth-order valence-electron chi connectivity index (χ4n) is 3.68. The molecule has 3 atom stereocenters. The second-order valence-electron chi connectivity index (χ2n) is 7.12. The van der Waals surface area contributed by atoms with Crippen LogP contribution in [0, 0.1) is 5.92 Å². The van der Waals surface area contributed by atoms with Gasteiger partial charge in [-0.15, -0.1) is 5.10 Å². The van der Waals surface area contributed by atoms with Crippen molar-refractivity contribution < 1.29 is 41.0 Å². The Morgan fingerprint density at radius 2 is 2.00 bits per heavy atom. The first-order valence-corrected chi connectivity index (χ1v) is 10.6. The maximum absolute atomic E-state index is 13.8. The number of carboxylic acids is 1. The lowest BCUT2D eigenvalue weighted by Gasteiger charge is -2.18. The third-order valence-electron chi connectivity index (χ3n) is 5.19. The summed E-state index contributed by atoms with van der Waals surface area (Å²) < 4.78 is 78.5. The summed E-state index contributed by atoms with van der Waals surface area (Å²) in [5.74, 6) is -2.37. The van der Waals surface area contributed by atoms with E-state index in [2.05, 4.69) is 10.3 Å². The van der Waals surface area contributed by atoms with Crippen LogP contribution < -0.4 is 0 Å². The van der Waals surface area contributed by atoms with Crippen molar-refractivity contribution in [1.29, 1.82) is 0 Å². The van der Waals surface area contributed by atoms with E-state index in [1.165, 1.54) is 26.5 Å². The SMILES string of the molecule is COCc1cn(-c2ccc(S(=O)(=O)[C@H]3C[C@@H](OC)[C@H](C(=O)O)C3)c(C(F)(F)F)c2)nn1. The van der Waals surface area contributed by atoms with Crippen LogP contribution in [0.1, 0.15) is 24.1 Å². The normalized spacial score (nSPS) is 22.0. The molecule has 1 fully saturated rings. The molecule has 1 saturated carbocycles. The number of rotatable bonds is 7. The fraction of sp³-hybridized carbons (Fsp3) is 0.500. The highest BCUT2D eigenvalue weighted by Gasteiger charge is 2.47. The number of carboxylic acid groups (broad SMARTS) is 1. The molecule has 0 saturated heterocycles. The first-order chi connectivity index (χ1) is 14.5. The van der Waals surface area contributed by atoms with Crippen LogP contribution in [0.15, 0.2) is 29.3 Å². The van der Waals surface area contributed by atoms with E-state index in [1.807, 2.05) is 0 Å². The molecule has 1 heterocycles. The highest BCUT2D eigenvalue weighted by atomic mass is 32.2. The van der Waals surface area contributed by atoms with E-state index < -0.39 is 49.7 Å². The van der Waals surface area contributed by atoms with Gasteiger partial charge in [0.2, 0.25) is 0 Å². The maximum Gasteiger partial charge on any atom is 0.417 e. The molecule has 2 aromatic rings. The molecule has 13 heteroatoms. The predicted molar refractivity (Wildman–Crippen MR) is 99.2 cm³/mol. The zero-order chi connectivity index (χ0) is 23.0. The number of carbonyl (C=O) groups is 1. The minimum Gasteiger partial charge on any atom is -0.481 e. The van der Waals surface area contributed by atoms with Gasteiger partial charge >= 0.3 is 12.1 Å². The number of halogens is 3. The van der Waals surface area contributed by atoms with Crippen molar-refractivity contribution in [3.8, 4) is 5.69 Å². The van der Waals surface area contributed by atoms with Crippen LogP contribution in [0.5, 0.6) is 0 Å². The van der Waals surface area contributed by atoms with Gasteiger partial charge in [-0.2, -0.15) is 13.2 Å². The molecule has 1 aromatic carbocycles. The van der Waals surface area contributed by atoms with Crippen molar-refractivity contribution in [1.82, 2.24) is 15.0 Å². The third-order valence-corrected chi connectivity index (χ3v) is 7.42. The van der Waals surface area contributed by atoms with Crippen LogP contribution in [-0.4, -0.2) is 60.1 Å². The number of nitrogens with zero attached hydrogens (tertiary/aromatic N) is 3. The van der Waals surface area contributed by atoms with E-state index in [-0.39, 0.29) is 25.1 Å². The number of hydrogen-bond donors (Lipinski definition) is 1. The highest BCUT2D eigenvalue weighted by molar-refractivity contribution is 7.92. The molecule has 1 aromatic heterocycles. The van der Waals surface area contributed by atoms with Crippen LogP contribution in [0.3, 0.4) is 0 Å². The molecule has 1 N–H and O–H groups in total. The first-order valence-electron chi connectivity index (χ1n) is 9.10. The molecule has 0 unspecified atom stereocenters.